The first-order valence-electron chi connectivity index (χ1n) is 3.84. The maximum absolute atomic E-state index is 5.71. The summed E-state index contributed by atoms with van der Waals surface area (Å²) in [7, 11) is 0. The Hall–Kier alpha value is -1.41. The van der Waals surface area contributed by atoms with Gasteiger partial charge in [0, 0.05) is 5.57 Å². The first kappa shape index (κ1) is 9.68. The van der Waals surface area contributed by atoms with Crippen LogP contribution in [0.5, 0.6) is 0 Å². The first-order valence-corrected chi connectivity index (χ1v) is 4.22. The third-order valence-corrected chi connectivity index (χ3v) is 1.81. The summed E-state index contributed by atoms with van der Waals surface area (Å²) >= 11 is 5.71. The van der Waals surface area contributed by atoms with Crippen LogP contribution >= 0.6 is 11.6 Å². The van der Waals surface area contributed by atoms with E-state index in [1.807, 2.05) is 30.3 Å². The number of rotatable bonds is 2. The molecule has 68 valence electrons. The first-order chi connectivity index (χ1) is 6.25. The molecule has 0 aliphatic heterocycles. The Labute approximate surface area is 82.5 Å². The quantitative estimate of drug-likeness (QED) is 0.559. The van der Waals surface area contributed by atoms with Gasteiger partial charge < -0.3 is 11.5 Å². The molecule has 1 aromatic carbocycles. The molecule has 0 saturated heterocycles. The molecule has 0 saturated carbocycles. The summed E-state index contributed by atoms with van der Waals surface area (Å²) in [5, 5.41) is 0.243. The Balaban J connectivity index is 3.12. The molecule has 1 rings (SSSR count). The van der Waals surface area contributed by atoms with Crippen LogP contribution in [0.2, 0.25) is 0 Å². The number of hydrogen-bond donors (Lipinski definition) is 2. The summed E-state index contributed by atoms with van der Waals surface area (Å²) < 4.78 is 0. The molecule has 0 unspecified atom stereocenters. The third-order valence-electron chi connectivity index (χ3n) is 1.60. The van der Waals surface area contributed by atoms with Crippen LogP contribution in [0.25, 0.3) is 5.57 Å². The minimum atomic E-state index is 0.243. The summed E-state index contributed by atoms with van der Waals surface area (Å²) in [5.41, 5.74) is 12.5. The Kier molecular flexibility index (Phi) is 3.41. The summed E-state index contributed by atoms with van der Waals surface area (Å²) in [6.45, 7) is 0. The van der Waals surface area contributed by atoms with Gasteiger partial charge in [-0.1, -0.05) is 41.9 Å². The number of benzene rings is 1. The van der Waals surface area contributed by atoms with E-state index in [0.717, 1.165) is 11.1 Å². The van der Waals surface area contributed by atoms with Crippen LogP contribution in [0.4, 0.5) is 0 Å². The van der Waals surface area contributed by atoms with Crippen LogP contribution in [-0.4, -0.2) is 0 Å². The van der Waals surface area contributed by atoms with Crippen LogP contribution in [-0.2, 0) is 0 Å². The van der Waals surface area contributed by atoms with E-state index < -0.39 is 0 Å². The van der Waals surface area contributed by atoms with Crippen LogP contribution in [0.15, 0.2) is 47.8 Å². The average molecular weight is 195 g/mol. The van der Waals surface area contributed by atoms with E-state index in [2.05, 4.69) is 0 Å². The Morgan fingerprint density at radius 3 is 2.31 bits per heavy atom. The van der Waals surface area contributed by atoms with E-state index in [4.69, 9.17) is 23.1 Å². The number of halogens is 1. The van der Waals surface area contributed by atoms with Gasteiger partial charge in [-0.2, -0.15) is 0 Å². The van der Waals surface area contributed by atoms with Gasteiger partial charge in [-0.05, 0) is 17.8 Å². The van der Waals surface area contributed by atoms with Crippen LogP contribution in [0.1, 0.15) is 5.56 Å². The molecular weight excluding hydrogens is 184 g/mol. The standard InChI is InChI=1S/C10H11ClN2/c11-10(13)9(6-7-12)8-4-2-1-3-5-8/h1-7H,12-13H2/b7-6-,10-9+. The Morgan fingerprint density at radius 1 is 1.23 bits per heavy atom. The van der Waals surface area contributed by atoms with Crippen molar-refractivity contribution in [1.82, 2.24) is 0 Å². The zero-order valence-corrected chi connectivity index (χ0v) is 7.83. The van der Waals surface area contributed by atoms with Crippen molar-refractivity contribution in [2.45, 2.75) is 0 Å². The molecule has 3 heteroatoms. The van der Waals surface area contributed by atoms with E-state index in [-0.39, 0.29) is 5.16 Å². The Bertz CT molecular complexity index is 324. The molecule has 13 heavy (non-hydrogen) atoms. The second kappa shape index (κ2) is 4.58. The highest BCUT2D eigenvalue weighted by Crippen LogP contribution is 2.18. The molecule has 0 amide bonds. The average Bonchev–Trinajstić information content (AvgIpc) is 2.15. The van der Waals surface area contributed by atoms with Crippen molar-refractivity contribution in [3.63, 3.8) is 0 Å². The van der Waals surface area contributed by atoms with Crippen molar-refractivity contribution in [3.8, 4) is 0 Å². The maximum atomic E-state index is 5.71. The normalized spacial score (nSPS) is 13.0. The molecule has 0 aliphatic rings. The van der Waals surface area contributed by atoms with Gasteiger partial charge in [0.2, 0.25) is 0 Å². The van der Waals surface area contributed by atoms with Gasteiger partial charge in [0.05, 0.1) is 0 Å². The molecule has 0 radical (unpaired) electrons. The van der Waals surface area contributed by atoms with Gasteiger partial charge in [-0.3, -0.25) is 0 Å². The van der Waals surface area contributed by atoms with E-state index in [9.17, 15) is 0 Å². The molecule has 0 atom stereocenters. The van der Waals surface area contributed by atoms with Crippen molar-refractivity contribution in [1.29, 1.82) is 0 Å². The lowest BCUT2D eigenvalue weighted by molar-refractivity contribution is 1.49. The second-order valence-electron chi connectivity index (χ2n) is 2.49. The van der Waals surface area contributed by atoms with Gasteiger partial charge in [-0.25, -0.2) is 0 Å². The fraction of sp³-hybridized carbons (Fsp3) is 0. The Morgan fingerprint density at radius 2 is 1.85 bits per heavy atom. The molecule has 1 aromatic rings. The van der Waals surface area contributed by atoms with Gasteiger partial charge >= 0.3 is 0 Å². The molecule has 0 aromatic heterocycles. The fourth-order valence-electron chi connectivity index (χ4n) is 1.03. The lowest BCUT2D eigenvalue weighted by atomic mass is 10.1. The lowest BCUT2D eigenvalue weighted by Crippen LogP contribution is -1.94. The van der Waals surface area contributed by atoms with Crippen molar-refractivity contribution in [2.24, 2.45) is 11.5 Å². The van der Waals surface area contributed by atoms with Crippen LogP contribution in [0, 0.1) is 0 Å². The number of hydrogen-bond acceptors (Lipinski definition) is 2. The van der Waals surface area contributed by atoms with Crippen molar-refractivity contribution in [2.75, 3.05) is 0 Å². The highest BCUT2D eigenvalue weighted by Gasteiger charge is 1.99. The van der Waals surface area contributed by atoms with Crippen LogP contribution in [0.3, 0.4) is 0 Å². The largest absolute Gasteiger partial charge is 0.405 e. The number of nitrogens with two attached hydrogens (primary N) is 2. The minimum absolute atomic E-state index is 0.243. The summed E-state index contributed by atoms with van der Waals surface area (Å²) in [6, 6.07) is 9.60. The summed E-state index contributed by atoms with van der Waals surface area (Å²) in [4.78, 5) is 0. The predicted molar refractivity (Wildman–Crippen MR) is 56.7 cm³/mol. The van der Waals surface area contributed by atoms with Crippen molar-refractivity contribution >= 4 is 17.2 Å². The fourth-order valence-corrected chi connectivity index (χ4v) is 1.20. The van der Waals surface area contributed by atoms with Crippen molar-refractivity contribution < 1.29 is 0 Å². The van der Waals surface area contributed by atoms with Gasteiger partial charge in [0.25, 0.3) is 0 Å². The minimum Gasteiger partial charge on any atom is -0.405 e. The second-order valence-corrected chi connectivity index (χ2v) is 2.89. The smallest absolute Gasteiger partial charge is 0.107 e. The highest BCUT2D eigenvalue weighted by atomic mass is 35.5. The molecule has 0 spiro atoms. The van der Waals surface area contributed by atoms with Gasteiger partial charge in [0.1, 0.15) is 5.16 Å². The molecule has 4 N–H and O–H groups in total. The zero-order valence-electron chi connectivity index (χ0n) is 7.07. The molecule has 0 fully saturated rings. The number of allylic oxidation sites excluding steroid dienone is 2. The summed E-state index contributed by atoms with van der Waals surface area (Å²) in [5.74, 6) is 0. The molecule has 0 heterocycles. The monoisotopic (exact) mass is 194 g/mol. The van der Waals surface area contributed by atoms with Crippen LogP contribution < -0.4 is 11.5 Å². The molecular formula is C10H11ClN2. The van der Waals surface area contributed by atoms with E-state index in [0.29, 0.717) is 0 Å². The topological polar surface area (TPSA) is 52.0 Å². The van der Waals surface area contributed by atoms with Gasteiger partial charge in [-0.15, -0.1) is 0 Å². The predicted octanol–water partition coefficient (Wildman–Crippen LogP) is 2.03. The zero-order chi connectivity index (χ0) is 9.68. The maximum Gasteiger partial charge on any atom is 0.107 e. The SMILES string of the molecule is N/C=C\C(=C(/N)Cl)c1ccccc1. The lowest BCUT2D eigenvalue weighted by Gasteiger charge is -2.02. The van der Waals surface area contributed by atoms with E-state index in [1.165, 1.54) is 6.20 Å². The highest BCUT2D eigenvalue weighted by molar-refractivity contribution is 6.32. The van der Waals surface area contributed by atoms with Gasteiger partial charge in [0.15, 0.2) is 0 Å². The van der Waals surface area contributed by atoms with Crippen molar-refractivity contribution in [3.05, 3.63) is 53.3 Å². The molecule has 2 nitrogen and oxygen atoms in total. The van der Waals surface area contributed by atoms with E-state index >= 15 is 0 Å². The van der Waals surface area contributed by atoms with E-state index in [1.54, 1.807) is 6.08 Å². The molecule has 0 bridgehead atoms. The molecule has 0 aliphatic carbocycles. The third kappa shape index (κ3) is 2.53. The summed E-state index contributed by atoms with van der Waals surface area (Å²) in [6.07, 6.45) is 3.09.